The van der Waals surface area contributed by atoms with Gasteiger partial charge in [-0.1, -0.05) is 25.1 Å². The van der Waals surface area contributed by atoms with Gasteiger partial charge in [0.1, 0.15) is 0 Å². The first-order valence-corrected chi connectivity index (χ1v) is 9.64. The van der Waals surface area contributed by atoms with Gasteiger partial charge in [0.25, 0.3) is 5.91 Å². The van der Waals surface area contributed by atoms with E-state index in [4.69, 9.17) is 4.74 Å². The zero-order chi connectivity index (χ0) is 21.3. The highest BCUT2D eigenvalue weighted by Gasteiger charge is 2.24. The molecule has 0 aliphatic rings. The Labute approximate surface area is 170 Å². The number of fused-ring (bicyclic) bond motifs is 1. The number of hydrogen-bond acceptors (Lipinski definition) is 5. The molecule has 0 aliphatic carbocycles. The van der Waals surface area contributed by atoms with Crippen LogP contribution >= 0.6 is 0 Å². The van der Waals surface area contributed by atoms with Crippen molar-refractivity contribution in [1.29, 1.82) is 0 Å². The third-order valence-electron chi connectivity index (χ3n) is 5.19. The van der Waals surface area contributed by atoms with Gasteiger partial charge in [0, 0.05) is 18.1 Å². The number of pyridine rings is 1. The summed E-state index contributed by atoms with van der Waals surface area (Å²) in [7, 11) is 1.81. The molecule has 0 radical (unpaired) electrons. The number of hydrogen-bond donors (Lipinski definition) is 1. The standard InChI is InChI=1S/C22H26N4O3/c1-7-17-12(2)19(16-10-8-9-11-18(16)23-17)22(28)29-15(5)21(27)24-20-13(3)25-26(6)14(20)4/h8-11,15H,7H2,1-6H3,(H,24,27)/t15-/m0/s1. The molecule has 1 atom stereocenters. The summed E-state index contributed by atoms with van der Waals surface area (Å²) in [6.07, 6.45) is -0.259. The Bertz CT molecular complexity index is 1100. The van der Waals surface area contributed by atoms with Crippen LogP contribution < -0.4 is 5.32 Å². The summed E-state index contributed by atoms with van der Waals surface area (Å²) in [6.45, 7) is 9.10. The summed E-state index contributed by atoms with van der Waals surface area (Å²) in [5, 5.41) is 7.82. The zero-order valence-electron chi connectivity index (χ0n) is 17.7. The van der Waals surface area contributed by atoms with Crippen LogP contribution in [0.5, 0.6) is 0 Å². The highest BCUT2D eigenvalue weighted by Crippen LogP contribution is 2.25. The average molecular weight is 394 g/mol. The van der Waals surface area contributed by atoms with Crippen LogP contribution in [0.25, 0.3) is 10.9 Å². The lowest BCUT2D eigenvalue weighted by molar-refractivity contribution is -0.123. The molecule has 1 N–H and O–H groups in total. The molecule has 7 heteroatoms. The van der Waals surface area contributed by atoms with Crippen LogP contribution in [0.3, 0.4) is 0 Å². The van der Waals surface area contributed by atoms with Crippen LogP contribution in [-0.2, 0) is 23.0 Å². The molecule has 1 aromatic carbocycles. The van der Waals surface area contributed by atoms with Crippen LogP contribution in [0.4, 0.5) is 5.69 Å². The first-order chi connectivity index (χ1) is 13.7. The highest BCUT2D eigenvalue weighted by atomic mass is 16.5. The van der Waals surface area contributed by atoms with Crippen LogP contribution in [-0.4, -0.2) is 32.7 Å². The number of ether oxygens (including phenoxy) is 1. The van der Waals surface area contributed by atoms with Crippen molar-refractivity contribution in [2.24, 2.45) is 7.05 Å². The van der Waals surface area contributed by atoms with E-state index >= 15 is 0 Å². The first kappa shape index (κ1) is 20.5. The zero-order valence-corrected chi connectivity index (χ0v) is 17.7. The van der Waals surface area contributed by atoms with Crippen molar-refractivity contribution in [3.05, 3.63) is 52.5 Å². The number of carbonyl (C=O) groups excluding carboxylic acids is 2. The smallest absolute Gasteiger partial charge is 0.339 e. The van der Waals surface area contributed by atoms with Crippen LogP contribution in [0.15, 0.2) is 24.3 Å². The molecule has 3 aromatic rings. The van der Waals surface area contributed by atoms with Gasteiger partial charge in [-0.15, -0.1) is 0 Å². The van der Waals surface area contributed by atoms with Gasteiger partial charge in [-0.25, -0.2) is 4.79 Å². The average Bonchev–Trinajstić information content (AvgIpc) is 2.93. The minimum Gasteiger partial charge on any atom is -0.449 e. The Hall–Kier alpha value is -3.22. The van der Waals surface area contributed by atoms with E-state index in [-0.39, 0.29) is 0 Å². The number of nitrogens with one attached hydrogen (secondary N) is 1. The number of aromatic nitrogens is 3. The summed E-state index contributed by atoms with van der Waals surface area (Å²) >= 11 is 0. The predicted octanol–water partition coefficient (Wildman–Crippen LogP) is 3.64. The van der Waals surface area contributed by atoms with Crippen molar-refractivity contribution < 1.29 is 14.3 Å². The molecule has 3 rings (SSSR count). The molecule has 29 heavy (non-hydrogen) atoms. The predicted molar refractivity (Wildman–Crippen MR) is 112 cm³/mol. The Morgan fingerprint density at radius 3 is 2.52 bits per heavy atom. The van der Waals surface area contributed by atoms with E-state index < -0.39 is 18.0 Å². The number of anilines is 1. The summed E-state index contributed by atoms with van der Waals surface area (Å²) in [5.41, 5.74) is 5.00. The Morgan fingerprint density at radius 2 is 1.90 bits per heavy atom. The van der Waals surface area contributed by atoms with Crippen molar-refractivity contribution in [3.63, 3.8) is 0 Å². The molecule has 0 unspecified atom stereocenters. The van der Waals surface area contributed by atoms with Gasteiger partial charge in [0.05, 0.1) is 28.2 Å². The molecule has 0 saturated carbocycles. The molecular formula is C22H26N4O3. The topological polar surface area (TPSA) is 86.1 Å². The Balaban J connectivity index is 1.86. The highest BCUT2D eigenvalue weighted by molar-refractivity contribution is 6.06. The SMILES string of the molecule is CCc1nc2ccccc2c(C(=O)O[C@@H](C)C(=O)Nc2c(C)nn(C)c2C)c1C. The molecule has 0 bridgehead atoms. The molecule has 2 heterocycles. The van der Waals surface area contributed by atoms with E-state index in [1.165, 1.54) is 0 Å². The quantitative estimate of drug-likeness (QED) is 0.668. The molecule has 2 aromatic heterocycles. The van der Waals surface area contributed by atoms with Crippen molar-refractivity contribution >= 4 is 28.5 Å². The first-order valence-electron chi connectivity index (χ1n) is 9.64. The van der Waals surface area contributed by atoms with E-state index in [0.717, 1.165) is 27.9 Å². The second kappa shape index (κ2) is 8.03. The van der Waals surface area contributed by atoms with Crippen molar-refractivity contribution in [3.8, 4) is 0 Å². The Morgan fingerprint density at radius 1 is 1.21 bits per heavy atom. The van der Waals surface area contributed by atoms with Crippen LogP contribution in [0.2, 0.25) is 0 Å². The monoisotopic (exact) mass is 394 g/mol. The van der Waals surface area contributed by atoms with E-state index in [9.17, 15) is 9.59 Å². The van der Waals surface area contributed by atoms with Crippen LogP contribution in [0.1, 0.15) is 46.9 Å². The number of aryl methyl sites for hydroxylation is 3. The fourth-order valence-electron chi connectivity index (χ4n) is 3.42. The third kappa shape index (κ3) is 3.85. The lowest BCUT2D eigenvalue weighted by Crippen LogP contribution is -2.30. The molecule has 1 amide bonds. The summed E-state index contributed by atoms with van der Waals surface area (Å²) in [6, 6.07) is 7.46. The number of rotatable bonds is 5. The number of para-hydroxylation sites is 1. The summed E-state index contributed by atoms with van der Waals surface area (Å²) in [5.74, 6) is -0.928. The van der Waals surface area contributed by atoms with Gasteiger partial charge in [-0.2, -0.15) is 5.10 Å². The van der Waals surface area contributed by atoms with E-state index in [0.29, 0.717) is 23.4 Å². The minimum atomic E-state index is -0.960. The second-order valence-corrected chi connectivity index (χ2v) is 7.14. The van der Waals surface area contributed by atoms with Crippen molar-refractivity contribution in [1.82, 2.24) is 14.8 Å². The van der Waals surface area contributed by atoms with E-state index in [1.54, 1.807) is 11.6 Å². The van der Waals surface area contributed by atoms with Crippen molar-refractivity contribution in [2.45, 2.75) is 47.1 Å². The normalized spacial score (nSPS) is 12.1. The molecule has 0 saturated heterocycles. The fraction of sp³-hybridized carbons (Fsp3) is 0.364. The molecular weight excluding hydrogens is 368 g/mol. The Kier molecular flexibility index (Phi) is 5.68. The van der Waals surface area contributed by atoms with Gasteiger partial charge in [0.2, 0.25) is 0 Å². The lowest BCUT2D eigenvalue weighted by Gasteiger charge is -2.17. The van der Waals surface area contributed by atoms with E-state index in [1.807, 2.05) is 59.0 Å². The number of esters is 1. The lowest BCUT2D eigenvalue weighted by atomic mass is 10.0. The van der Waals surface area contributed by atoms with E-state index in [2.05, 4.69) is 15.4 Å². The number of benzene rings is 1. The number of amides is 1. The molecule has 0 spiro atoms. The summed E-state index contributed by atoms with van der Waals surface area (Å²) in [4.78, 5) is 30.3. The van der Waals surface area contributed by atoms with Gasteiger partial charge in [0.15, 0.2) is 6.10 Å². The van der Waals surface area contributed by atoms with Gasteiger partial charge in [-0.3, -0.25) is 14.5 Å². The van der Waals surface area contributed by atoms with Gasteiger partial charge in [-0.05, 0) is 45.7 Å². The largest absolute Gasteiger partial charge is 0.449 e. The molecule has 0 fully saturated rings. The molecule has 0 aliphatic heterocycles. The maximum atomic E-state index is 13.0. The van der Waals surface area contributed by atoms with Gasteiger partial charge >= 0.3 is 5.97 Å². The maximum absolute atomic E-state index is 13.0. The van der Waals surface area contributed by atoms with Crippen LogP contribution in [0, 0.1) is 20.8 Å². The van der Waals surface area contributed by atoms with Crippen molar-refractivity contribution in [2.75, 3.05) is 5.32 Å². The molecule has 152 valence electrons. The fourth-order valence-corrected chi connectivity index (χ4v) is 3.42. The number of nitrogens with zero attached hydrogens (tertiary/aromatic N) is 3. The molecule has 7 nitrogen and oxygen atoms in total. The maximum Gasteiger partial charge on any atom is 0.339 e. The third-order valence-corrected chi connectivity index (χ3v) is 5.19. The number of carbonyl (C=O) groups is 2. The minimum absolute atomic E-state index is 0.399. The second-order valence-electron chi connectivity index (χ2n) is 7.14. The van der Waals surface area contributed by atoms with Gasteiger partial charge < -0.3 is 10.1 Å². The summed E-state index contributed by atoms with van der Waals surface area (Å²) < 4.78 is 7.23.